The van der Waals surface area contributed by atoms with Gasteiger partial charge in [-0.2, -0.15) is 5.10 Å². The predicted octanol–water partition coefficient (Wildman–Crippen LogP) is 4.32. The Morgan fingerprint density at radius 2 is 1.93 bits per heavy atom. The molecule has 2 aromatic heterocycles. The average molecular weight is 412 g/mol. The molecule has 0 radical (unpaired) electrons. The number of nitrogens with zero attached hydrogens (tertiary/aromatic N) is 4. The molecule has 0 saturated heterocycles. The van der Waals surface area contributed by atoms with E-state index in [2.05, 4.69) is 67.1 Å². The Kier molecular flexibility index (Phi) is 6.49. The first-order valence-corrected chi connectivity index (χ1v) is 10.7. The predicted molar refractivity (Wildman–Crippen MR) is 119 cm³/mol. The maximum Gasteiger partial charge on any atom is 0.240 e. The van der Waals surface area contributed by atoms with Crippen molar-refractivity contribution in [1.82, 2.24) is 19.7 Å². The summed E-state index contributed by atoms with van der Waals surface area (Å²) in [5.74, 6) is -0.0548. The zero-order chi connectivity index (χ0) is 21.1. The van der Waals surface area contributed by atoms with Crippen molar-refractivity contribution in [3.05, 3.63) is 52.2 Å². The molecule has 7 heteroatoms. The van der Waals surface area contributed by atoms with Gasteiger partial charge in [-0.15, -0.1) is 11.3 Å². The van der Waals surface area contributed by atoms with Gasteiger partial charge in [-0.25, -0.2) is 4.98 Å². The number of hydrogen-bond acceptors (Lipinski definition) is 5. The van der Waals surface area contributed by atoms with Crippen molar-refractivity contribution in [3.8, 4) is 11.3 Å². The lowest BCUT2D eigenvalue weighted by atomic mass is 9.98. The number of anilines is 1. The number of aryl methyl sites for hydroxylation is 4. The summed E-state index contributed by atoms with van der Waals surface area (Å²) < 4.78 is 1.78. The highest BCUT2D eigenvalue weighted by atomic mass is 32.1. The molecule has 0 saturated carbocycles. The molecular formula is C22H29N5OS. The molecule has 0 atom stereocenters. The number of amides is 1. The average Bonchev–Trinajstić information content (AvgIpc) is 3.22. The van der Waals surface area contributed by atoms with E-state index in [9.17, 15) is 4.79 Å². The molecule has 0 aliphatic carbocycles. The van der Waals surface area contributed by atoms with Crippen LogP contribution in [0.1, 0.15) is 36.1 Å². The standard InChI is InChI=1S/C22H29N5OS/c1-14(2)27(11-18-9-23-26(6)10-18)12-20(28)25-22-24-19(13-29-22)21-16(4)7-15(3)8-17(21)5/h7-10,13-14H,11-12H2,1-6H3,(H,24,25,28). The molecular weight excluding hydrogens is 382 g/mol. The first-order valence-electron chi connectivity index (χ1n) is 9.78. The molecule has 0 fully saturated rings. The van der Waals surface area contributed by atoms with Crippen molar-refractivity contribution in [2.45, 2.75) is 47.2 Å². The molecule has 0 unspecified atom stereocenters. The number of carbonyl (C=O) groups is 1. The summed E-state index contributed by atoms with van der Waals surface area (Å²) >= 11 is 1.46. The summed E-state index contributed by atoms with van der Waals surface area (Å²) in [7, 11) is 1.90. The Hall–Kier alpha value is -2.51. The maximum atomic E-state index is 12.6. The highest BCUT2D eigenvalue weighted by Gasteiger charge is 2.17. The Labute approximate surface area is 176 Å². The van der Waals surface area contributed by atoms with Crippen molar-refractivity contribution in [1.29, 1.82) is 0 Å². The molecule has 3 aromatic rings. The fraction of sp³-hybridized carbons (Fsp3) is 0.409. The number of nitrogens with one attached hydrogen (secondary N) is 1. The Morgan fingerprint density at radius 1 is 1.24 bits per heavy atom. The summed E-state index contributed by atoms with van der Waals surface area (Å²) in [6.07, 6.45) is 3.82. The zero-order valence-electron chi connectivity index (χ0n) is 18.0. The van der Waals surface area contributed by atoms with Gasteiger partial charge in [-0.05, 0) is 45.7 Å². The van der Waals surface area contributed by atoms with Gasteiger partial charge < -0.3 is 5.32 Å². The van der Waals surface area contributed by atoms with Crippen LogP contribution in [0.25, 0.3) is 11.3 Å². The molecule has 2 heterocycles. The summed E-state index contributed by atoms with van der Waals surface area (Å²) in [6.45, 7) is 11.5. The van der Waals surface area contributed by atoms with Crippen molar-refractivity contribution in [2.24, 2.45) is 7.05 Å². The molecule has 29 heavy (non-hydrogen) atoms. The first-order chi connectivity index (χ1) is 13.7. The number of carbonyl (C=O) groups excluding carboxylic acids is 1. The quantitative estimate of drug-likeness (QED) is 0.629. The minimum absolute atomic E-state index is 0.0548. The summed E-state index contributed by atoms with van der Waals surface area (Å²) in [6, 6.07) is 4.57. The number of rotatable bonds is 7. The van der Waals surface area contributed by atoms with Crippen LogP contribution in [0.5, 0.6) is 0 Å². The largest absolute Gasteiger partial charge is 0.301 e. The zero-order valence-corrected chi connectivity index (χ0v) is 18.8. The molecule has 154 valence electrons. The van der Waals surface area contributed by atoms with E-state index in [4.69, 9.17) is 0 Å². The van der Waals surface area contributed by atoms with Gasteiger partial charge >= 0.3 is 0 Å². The van der Waals surface area contributed by atoms with Crippen LogP contribution in [0.4, 0.5) is 5.13 Å². The van der Waals surface area contributed by atoms with E-state index in [0.717, 1.165) is 16.8 Å². The summed E-state index contributed by atoms with van der Waals surface area (Å²) in [5.41, 5.74) is 6.80. The van der Waals surface area contributed by atoms with Crippen LogP contribution < -0.4 is 5.32 Å². The molecule has 0 spiro atoms. The van der Waals surface area contributed by atoms with Gasteiger partial charge in [0, 0.05) is 42.3 Å². The van der Waals surface area contributed by atoms with Crippen LogP contribution in [0.15, 0.2) is 29.9 Å². The molecule has 3 rings (SSSR count). The van der Waals surface area contributed by atoms with Crippen molar-refractivity contribution in [2.75, 3.05) is 11.9 Å². The fourth-order valence-corrected chi connectivity index (χ4v) is 4.30. The van der Waals surface area contributed by atoms with Gasteiger partial charge in [0.15, 0.2) is 5.13 Å². The van der Waals surface area contributed by atoms with E-state index in [-0.39, 0.29) is 11.9 Å². The van der Waals surface area contributed by atoms with Crippen LogP contribution in [0, 0.1) is 20.8 Å². The van der Waals surface area contributed by atoms with Crippen molar-refractivity contribution < 1.29 is 4.79 Å². The minimum Gasteiger partial charge on any atom is -0.301 e. The number of thiazole rings is 1. The van der Waals surface area contributed by atoms with Crippen LogP contribution in [0.3, 0.4) is 0 Å². The topological polar surface area (TPSA) is 63.1 Å². The Balaban J connectivity index is 1.68. The van der Waals surface area contributed by atoms with Crippen LogP contribution >= 0.6 is 11.3 Å². The first kappa shape index (κ1) is 21.2. The maximum absolute atomic E-state index is 12.6. The molecule has 0 aliphatic heterocycles. The Morgan fingerprint density at radius 3 is 2.52 bits per heavy atom. The van der Waals surface area contributed by atoms with E-state index in [1.54, 1.807) is 4.68 Å². The lowest BCUT2D eigenvalue weighted by Gasteiger charge is -2.24. The van der Waals surface area contributed by atoms with Crippen LogP contribution in [-0.2, 0) is 18.4 Å². The third-order valence-corrected chi connectivity index (χ3v) is 5.66. The van der Waals surface area contributed by atoms with E-state index in [1.165, 1.54) is 28.0 Å². The molecule has 1 aromatic carbocycles. The monoisotopic (exact) mass is 411 g/mol. The normalized spacial score (nSPS) is 11.4. The van der Waals surface area contributed by atoms with E-state index in [1.807, 2.05) is 24.8 Å². The number of hydrogen-bond donors (Lipinski definition) is 1. The fourth-order valence-electron chi connectivity index (χ4n) is 3.58. The van der Waals surface area contributed by atoms with Gasteiger partial charge in [-0.1, -0.05) is 17.7 Å². The third kappa shape index (κ3) is 5.31. The second-order valence-corrected chi connectivity index (χ2v) is 8.74. The molecule has 6 nitrogen and oxygen atoms in total. The Bertz CT molecular complexity index is 981. The lowest BCUT2D eigenvalue weighted by molar-refractivity contribution is -0.117. The second kappa shape index (κ2) is 8.88. The summed E-state index contributed by atoms with van der Waals surface area (Å²) in [4.78, 5) is 19.4. The van der Waals surface area contributed by atoms with E-state index in [0.29, 0.717) is 18.2 Å². The molecule has 1 N–H and O–H groups in total. The lowest BCUT2D eigenvalue weighted by Crippen LogP contribution is -2.37. The molecule has 0 bridgehead atoms. The van der Waals surface area contributed by atoms with E-state index < -0.39 is 0 Å². The second-order valence-electron chi connectivity index (χ2n) is 7.88. The highest BCUT2D eigenvalue weighted by Crippen LogP contribution is 2.31. The van der Waals surface area contributed by atoms with Gasteiger partial charge in [0.25, 0.3) is 0 Å². The van der Waals surface area contributed by atoms with Crippen LogP contribution in [-0.4, -0.2) is 38.2 Å². The molecule has 1 amide bonds. The SMILES string of the molecule is Cc1cc(C)c(-c2csc(NC(=O)CN(Cc3cnn(C)c3)C(C)C)n2)c(C)c1. The minimum atomic E-state index is -0.0548. The molecule has 0 aliphatic rings. The van der Waals surface area contributed by atoms with Gasteiger partial charge in [0.1, 0.15) is 0 Å². The van der Waals surface area contributed by atoms with Gasteiger partial charge in [0.05, 0.1) is 18.4 Å². The van der Waals surface area contributed by atoms with Crippen LogP contribution in [0.2, 0.25) is 0 Å². The van der Waals surface area contributed by atoms with Crippen molar-refractivity contribution >= 4 is 22.4 Å². The summed E-state index contributed by atoms with van der Waals surface area (Å²) in [5, 5.41) is 9.82. The van der Waals surface area contributed by atoms with E-state index >= 15 is 0 Å². The third-order valence-electron chi connectivity index (χ3n) is 4.90. The highest BCUT2D eigenvalue weighted by molar-refractivity contribution is 7.14. The van der Waals surface area contributed by atoms with Gasteiger partial charge in [-0.3, -0.25) is 14.4 Å². The van der Waals surface area contributed by atoms with Gasteiger partial charge in [0.2, 0.25) is 5.91 Å². The number of aromatic nitrogens is 3. The number of benzene rings is 1. The smallest absolute Gasteiger partial charge is 0.240 e. The van der Waals surface area contributed by atoms with Crippen molar-refractivity contribution in [3.63, 3.8) is 0 Å².